The third-order valence-electron chi connectivity index (χ3n) is 5.69. The summed E-state index contributed by atoms with van der Waals surface area (Å²) in [5.41, 5.74) is 0.665. The van der Waals surface area contributed by atoms with Gasteiger partial charge in [0.25, 0.3) is 0 Å². The topological polar surface area (TPSA) is 45.7 Å². The van der Waals surface area contributed by atoms with Crippen molar-refractivity contribution in [3.05, 3.63) is 0 Å². The van der Waals surface area contributed by atoms with Gasteiger partial charge in [0.2, 0.25) is 0 Å². The largest absolute Gasteiger partial charge is 0.377 e. The summed E-state index contributed by atoms with van der Waals surface area (Å²) >= 11 is 0. The van der Waals surface area contributed by atoms with Crippen molar-refractivity contribution in [3.8, 4) is 0 Å². The first kappa shape index (κ1) is 18.3. The van der Waals surface area contributed by atoms with Gasteiger partial charge in [-0.2, -0.15) is 0 Å². The molecular formula is C17H32IN3O. The van der Waals surface area contributed by atoms with Crippen molar-refractivity contribution in [2.24, 2.45) is 21.7 Å². The van der Waals surface area contributed by atoms with Crippen LogP contribution in [0, 0.1) is 16.7 Å². The molecule has 1 heterocycles. The number of guanidine groups is 1. The third-order valence-corrected chi connectivity index (χ3v) is 5.69. The standard InChI is InChI=1S/C17H31N3O.HI/c1-5-18-15(19-11-17(4)8-9-17)20-13-12-7-6-10-21-14(12)16(13,2)3;/h12-14H,5-11H2,1-4H3,(H2,18,19,20);1H. The average molecular weight is 421 g/mol. The fourth-order valence-corrected chi connectivity index (χ4v) is 3.92. The van der Waals surface area contributed by atoms with Crippen molar-refractivity contribution in [3.63, 3.8) is 0 Å². The lowest BCUT2D eigenvalue weighted by Gasteiger charge is -2.60. The van der Waals surface area contributed by atoms with Gasteiger partial charge in [-0.05, 0) is 38.0 Å². The Hall–Kier alpha value is -0.0400. The zero-order valence-corrected chi connectivity index (χ0v) is 16.8. The molecule has 3 rings (SSSR count). The summed E-state index contributed by atoms with van der Waals surface area (Å²) in [6, 6.07) is 0.479. The van der Waals surface area contributed by atoms with Crippen LogP contribution in [0.1, 0.15) is 53.4 Å². The van der Waals surface area contributed by atoms with Gasteiger partial charge in [-0.3, -0.25) is 4.99 Å². The maximum atomic E-state index is 5.99. The Morgan fingerprint density at radius 1 is 1.27 bits per heavy atom. The van der Waals surface area contributed by atoms with Crippen LogP contribution >= 0.6 is 24.0 Å². The van der Waals surface area contributed by atoms with E-state index in [9.17, 15) is 0 Å². The minimum absolute atomic E-state index is 0. The van der Waals surface area contributed by atoms with Crippen LogP contribution in [-0.2, 0) is 4.74 Å². The predicted molar refractivity (Wildman–Crippen MR) is 102 cm³/mol. The molecule has 0 aromatic rings. The molecule has 3 fully saturated rings. The van der Waals surface area contributed by atoms with Gasteiger partial charge in [-0.25, -0.2) is 0 Å². The molecule has 2 N–H and O–H groups in total. The number of aliphatic imine (C=N–C) groups is 1. The van der Waals surface area contributed by atoms with Crippen molar-refractivity contribution in [1.29, 1.82) is 0 Å². The van der Waals surface area contributed by atoms with Crippen LogP contribution < -0.4 is 10.6 Å². The van der Waals surface area contributed by atoms with E-state index >= 15 is 0 Å². The van der Waals surface area contributed by atoms with Crippen molar-refractivity contribution < 1.29 is 4.74 Å². The van der Waals surface area contributed by atoms with Crippen molar-refractivity contribution in [2.45, 2.75) is 65.5 Å². The van der Waals surface area contributed by atoms with Crippen LogP contribution in [0.25, 0.3) is 0 Å². The molecule has 3 atom stereocenters. The number of halogens is 1. The first-order chi connectivity index (χ1) is 9.96. The van der Waals surface area contributed by atoms with Gasteiger partial charge in [0.1, 0.15) is 0 Å². The van der Waals surface area contributed by atoms with Crippen LogP contribution in [0.15, 0.2) is 4.99 Å². The van der Waals surface area contributed by atoms with Crippen LogP contribution in [-0.4, -0.2) is 37.8 Å². The fourth-order valence-electron chi connectivity index (χ4n) is 3.92. The molecule has 2 aliphatic carbocycles. The number of nitrogens with zero attached hydrogens (tertiary/aromatic N) is 1. The molecule has 0 spiro atoms. The van der Waals surface area contributed by atoms with E-state index in [-0.39, 0.29) is 29.4 Å². The van der Waals surface area contributed by atoms with E-state index in [1.165, 1.54) is 25.7 Å². The Balaban J connectivity index is 0.00000176. The second-order valence-electron chi connectivity index (χ2n) is 8.05. The number of fused-ring (bicyclic) bond motifs is 1. The Labute approximate surface area is 152 Å². The smallest absolute Gasteiger partial charge is 0.191 e. The SMILES string of the molecule is CCNC(=NCC1(C)CC1)NC1C2CCCOC2C1(C)C.I. The molecule has 1 aliphatic heterocycles. The number of hydrogen-bond acceptors (Lipinski definition) is 2. The minimum atomic E-state index is 0. The van der Waals surface area contributed by atoms with Crippen LogP contribution in [0.5, 0.6) is 0 Å². The average Bonchev–Trinajstić information content (AvgIpc) is 3.20. The Bertz CT molecular complexity index is 420. The summed E-state index contributed by atoms with van der Waals surface area (Å²) in [5, 5.41) is 7.12. The molecule has 0 aromatic heterocycles. The van der Waals surface area contributed by atoms with Gasteiger partial charge >= 0.3 is 0 Å². The van der Waals surface area contributed by atoms with Crippen molar-refractivity contribution in [1.82, 2.24) is 10.6 Å². The summed E-state index contributed by atoms with van der Waals surface area (Å²) in [5.74, 6) is 1.64. The molecule has 0 bridgehead atoms. The molecule has 4 nitrogen and oxygen atoms in total. The van der Waals surface area contributed by atoms with Crippen molar-refractivity contribution in [2.75, 3.05) is 19.7 Å². The molecule has 0 amide bonds. The molecular weight excluding hydrogens is 389 g/mol. The van der Waals surface area contributed by atoms with Crippen molar-refractivity contribution >= 4 is 29.9 Å². The van der Waals surface area contributed by atoms with Gasteiger partial charge in [0.05, 0.1) is 6.10 Å². The quantitative estimate of drug-likeness (QED) is 0.417. The second-order valence-corrected chi connectivity index (χ2v) is 8.05. The van der Waals surface area contributed by atoms with E-state index in [0.717, 1.165) is 25.7 Å². The van der Waals surface area contributed by atoms with E-state index in [4.69, 9.17) is 9.73 Å². The molecule has 1 saturated heterocycles. The third kappa shape index (κ3) is 3.55. The molecule has 0 aromatic carbocycles. The maximum Gasteiger partial charge on any atom is 0.191 e. The highest BCUT2D eigenvalue weighted by molar-refractivity contribution is 14.0. The van der Waals surface area contributed by atoms with E-state index in [1.54, 1.807) is 0 Å². The number of rotatable bonds is 4. The Kier molecular flexibility index (Phi) is 5.68. The lowest BCUT2D eigenvalue weighted by molar-refractivity contribution is -0.188. The minimum Gasteiger partial charge on any atom is -0.377 e. The summed E-state index contributed by atoms with van der Waals surface area (Å²) in [6.45, 7) is 11.9. The molecule has 3 aliphatic rings. The molecule has 3 unspecified atom stereocenters. The highest BCUT2D eigenvalue weighted by atomic mass is 127. The normalized spacial score (nSPS) is 34.7. The zero-order valence-electron chi connectivity index (χ0n) is 14.4. The molecule has 2 saturated carbocycles. The van der Waals surface area contributed by atoms with E-state index in [0.29, 0.717) is 23.5 Å². The molecule has 0 radical (unpaired) electrons. The highest BCUT2D eigenvalue weighted by Gasteiger charge is 2.58. The summed E-state index contributed by atoms with van der Waals surface area (Å²) in [7, 11) is 0. The lowest BCUT2D eigenvalue weighted by atomic mass is 9.55. The maximum absolute atomic E-state index is 5.99. The van der Waals surface area contributed by atoms with E-state index in [2.05, 4.69) is 38.3 Å². The van der Waals surface area contributed by atoms with Gasteiger partial charge in [-0.1, -0.05) is 20.8 Å². The van der Waals surface area contributed by atoms with Gasteiger partial charge < -0.3 is 15.4 Å². The van der Waals surface area contributed by atoms with Gasteiger partial charge in [-0.15, -0.1) is 24.0 Å². The van der Waals surface area contributed by atoms with Gasteiger partial charge in [0.15, 0.2) is 5.96 Å². The van der Waals surface area contributed by atoms with Crippen LogP contribution in [0.2, 0.25) is 0 Å². The Morgan fingerprint density at radius 3 is 2.64 bits per heavy atom. The number of ether oxygens (including phenoxy) is 1. The number of nitrogens with one attached hydrogen (secondary N) is 2. The van der Waals surface area contributed by atoms with Crippen LogP contribution in [0.4, 0.5) is 0 Å². The van der Waals surface area contributed by atoms with E-state index < -0.39 is 0 Å². The first-order valence-corrected chi connectivity index (χ1v) is 8.63. The highest BCUT2D eigenvalue weighted by Crippen LogP contribution is 2.51. The molecule has 5 heteroatoms. The lowest BCUT2D eigenvalue weighted by Crippen LogP contribution is -2.71. The second kappa shape index (κ2) is 6.83. The summed E-state index contributed by atoms with van der Waals surface area (Å²) in [6.07, 6.45) is 5.55. The van der Waals surface area contributed by atoms with Crippen LogP contribution in [0.3, 0.4) is 0 Å². The first-order valence-electron chi connectivity index (χ1n) is 8.63. The zero-order chi connectivity index (χ0) is 15.1. The monoisotopic (exact) mass is 421 g/mol. The van der Waals surface area contributed by atoms with Gasteiger partial charge in [0, 0.05) is 37.1 Å². The number of hydrogen-bond donors (Lipinski definition) is 2. The Morgan fingerprint density at radius 2 is 2.00 bits per heavy atom. The fraction of sp³-hybridized carbons (Fsp3) is 0.941. The summed E-state index contributed by atoms with van der Waals surface area (Å²) < 4.78 is 5.99. The predicted octanol–water partition coefficient (Wildman–Crippen LogP) is 3.16. The molecule has 22 heavy (non-hydrogen) atoms. The van der Waals surface area contributed by atoms with E-state index in [1.807, 2.05) is 0 Å². The summed E-state index contributed by atoms with van der Waals surface area (Å²) in [4.78, 5) is 4.83. The molecule has 128 valence electrons.